The van der Waals surface area contributed by atoms with Crippen molar-refractivity contribution in [1.29, 1.82) is 0 Å². The van der Waals surface area contributed by atoms with Crippen LogP contribution in [0.15, 0.2) is 12.1 Å². The summed E-state index contributed by atoms with van der Waals surface area (Å²) in [5.74, 6) is -3.14. The highest BCUT2D eigenvalue weighted by Gasteiger charge is 2.47. The Balaban J connectivity index is 2.20. The molecular weight excluding hydrogens is 231 g/mol. The zero-order chi connectivity index (χ0) is 12.8. The van der Waals surface area contributed by atoms with Crippen LogP contribution in [0, 0.1) is 22.9 Å². The molecule has 1 fully saturated rings. The number of hydrogen-bond acceptors (Lipinski definition) is 2. The Labute approximate surface area is 97.5 Å². The Hall–Kier alpha value is -1.23. The van der Waals surface area contributed by atoms with E-state index in [2.05, 4.69) is 5.32 Å². The molecule has 94 valence electrons. The third kappa shape index (κ3) is 1.99. The zero-order valence-electron chi connectivity index (χ0n) is 9.60. The van der Waals surface area contributed by atoms with E-state index in [9.17, 15) is 18.3 Å². The molecule has 0 radical (unpaired) electrons. The first kappa shape index (κ1) is 12.2. The molecule has 0 spiro atoms. The minimum absolute atomic E-state index is 0.201. The highest BCUT2D eigenvalue weighted by atomic mass is 19.2. The number of halogens is 3. The number of aliphatic hydroxyl groups is 1. The molecule has 1 aliphatic carbocycles. The normalized spacial score (nSPS) is 26.5. The molecule has 2 rings (SSSR count). The van der Waals surface area contributed by atoms with Crippen LogP contribution in [0.1, 0.15) is 20.3 Å². The van der Waals surface area contributed by atoms with Crippen molar-refractivity contribution in [2.24, 2.45) is 5.41 Å². The second-order valence-electron chi connectivity index (χ2n) is 5.02. The van der Waals surface area contributed by atoms with Crippen LogP contribution in [0.25, 0.3) is 0 Å². The van der Waals surface area contributed by atoms with Crippen LogP contribution >= 0.6 is 0 Å². The van der Waals surface area contributed by atoms with Gasteiger partial charge in [0.2, 0.25) is 0 Å². The van der Waals surface area contributed by atoms with Crippen molar-refractivity contribution in [2.75, 3.05) is 5.32 Å². The summed E-state index contributed by atoms with van der Waals surface area (Å²) in [7, 11) is 0. The molecule has 1 aromatic carbocycles. The SMILES string of the molecule is CC1(C)C(O)CC1Nc1cc(F)cc(F)c1F. The average molecular weight is 245 g/mol. The third-order valence-corrected chi connectivity index (χ3v) is 3.54. The van der Waals surface area contributed by atoms with E-state index in [4.69, 9.17) is 0 Å². The monoisotopic (exact) mass is 245 g/mol. The molecule has 2 nitrogen and oxygen atoms in total. The first-order valence-electron chi connectivity index (χ1n) is 5.41. The van der Waals surface area contributed by atoms with Gasteiger partial charge in [0, 0.05) is 23.6 Å². The van der Waals surface area contributed by atoms with Gasteiger partial charge < -0.3 is 10.4 Å². The van der Waals surface area contributed by atoms with Gasteiger partial charge in [0.1, 0.15) is 5.82 Å². The van der Waals surface area contributed by atoms with E-state index in [1.165, 1.54) is 0 Å². The molecule has 0 amide bonds. The van der Waals surface area contributed by atoms with Crippen molar-refractivity contribution in [3.05, 3.63) is 29.6 Å². The number of rotatable bonds is 2. The van der Waals surface area contributed by atoms with E-state index in [1.807, 2.05) is 13.8 Å². The van der Waals surface area contributed by atoms with Gasteiger partial charge in [-0.1, -0.05) is 13.8 Å². The van der Waals surface area contributed by atoms with Crippen molar-refractivity contribution in [2.45, 2.75) is 32.4 Å². The van der Waals surface area contributed by atoms with Gasteiger partial charge in [-0.15, -0.1) is 0 Å². The molecule has 0 heterocycles. The van der Waals surface area contributed by atoms with Gasteiger partial charge in [0.05, 0.1) is 11.8 Å². The molecule has 1 saturated carbocycles. The van der Waals surface area contributed by atoms with Crippen LogP contribution in [-0.2, 0) is 0 Å². The summed E-state index contributed by atoms with van der Waals surface area (Å²) in [6, 6.07) is 1.22. The Kier molecular flexibility index (Phi) is 2.81. The second-order valence-corrected chi connectivity index (χ2v) is 5.02. The molecule has 0 aromatic heterocycles. The summed E-state index contributed by atoms with van der Waals surface area (Å²) in [6.45, 7) is 3.62. The fourth-order valence-corrected chi connectivity index (χ4v) is 2.00. The predicted octanol–water partition coefficient (Wildman–Crippen LogP) is 2.68. The quantitative estimate of drug-likeness (QED) is 0.785. The number of nitrogens with one attached hydrogen (secondary N) is 1. The molecule has 0 saturated heterocycles. The molecular formula is C12H14F3NO. The van der Waals surface area contributed by atoms with Crippen LogP contribution in [-0.4, -0.2) is 17.3 Å². The molecule has 2 unspecified atom stereocenters. The smallest absolute Gasteiger partial charge is 0.182 e. The maximum absolute atomic E-state index is 13.4. The molecule has 1 aromatic rings. The van der Waals surface area contributed by atoms with Gasteiger partial charge in [-0.05, 0) is 6.42 Å². The minimum atomic E-state index is -1.22. The van der Waals surface area contributed by atoms with Gasteiger partial charge in [0.15, 0.2) is 11.6 Å². The molecule has 1 aliphatic rings. The average Bonchev–Trinajstić information content (AvgIpc) is 2.24. The standard InChI is InChI=1S/C12H14F3NO/c1-12(2)9(5-10(12)17)16-8-4-6(13)3-7(14)11(8)15/h3-4,9-10,16-17H,5H2,1-2H3. The highest BCUT2D eigenvalue weighted by Crippen LogP contribution is 2.42. The lowest BCUT2D eigenvalue weighted by Crippen LogP contribution is -2.57. The van der Waals surface area contributed by atoms with E-state index >= 15 is 0 Å². The van der Waals surface area contributed by atoms with Crippen molar-refractivity contribution >= 4 is 5.69 Å². The minimum Gasteiger partial charge on any atom is -0.392 e. The summed E-state index contributed by atoms with van der Waals surface area (Å²) < 4.78 is 39.3. The van der Waals surface area contributed by atoms with Gasteiger partial charge >= 0.3 is 0 Å². The van der Waals surface area contributed by atoms with E-state index < -0.39 is 29.0 Å². The number of aliphatic hydroxyl groups excluding tert-OH is 1. The van der Waals surface area contributed by atoms with Crippen molar-refractivity contribution in [3.8, 4) is 0 Å². The summed E-state index contributed by atoms with van der Waals surface area (Å²) in [5.41, 5.74) is -0.637. The summed E-state index contributed by atoms with van der Waals surface area (Å²) in [4.78, 5) is 0. The third-order valence-electron chi connectivity index (χ3n) is 3.54. The summed E-state index contributed by atoms with van der Waals surface area (Å²) in [5, 5.41) is 12.3. The van der Waals surface area contributed by atoms with Crippen LogP contribution in [0.2, 0.25) is 0 Å². The highest BCUT2D eigenvalue weighted by molar-refractivity contribution is 5.47. The Morgan fingerprint density at radius 3 is 2.47 bits per heavy atom. The van der Waals surface area contributed by atoms with Crippen molar-refractivity contribution < 1.29 is 18.3 Å². The molecule has 17 heavy (non-hydrogen) atoms. The van der Waals surface area contributed by atoms with Crippen LogP contribution in [0.5, 0.6) is 0 Å². The first-order valence-corrected chi connectivity index (χ1v) is 5.41. The Morgan fingerprint density at radius 1 is 1.29 bits per heavy atom. The molecule has 2 N–H and O–H groups in total. The lowest BCUT2D eigenvalue weighted by Gasteiger charge is -2.49. The fourth-order valence-electron chi connectivity index (χ4n) is 2.00. The first-order chi connectivity index (χ1) is 7.82. The topological polar surface area (TPSA) is 32.3 Å². The van der Waals surface area contributed by atoms with Gasteiger partial charge in [-0.2, -0.15) is 0 Å². The second kappa shape index (κ2) is 3.91. The van der Waals surface area contributed by atoms with E-state index in [0.717, 1.165) is 6.07 Å². The van der Waals surface area contributed by atoms with Crippen molar-refractivity contribution in [1.82, 2.24) is 0 Å². The maximum atomic E-state index is 13.4. The van der Waals surface area contributed by atoms with E-state index in [1.54, 1.807) is 0 Å². The summed E-state index contributed by atoms with van der Waals surface area (Å²) in [6.07, 6.45) is -0.0497. The number of hydrogen-bond donors (Lipinski definition) is 2. The molecule has 0 bridgehead atoms. The maximum Gasteiger partial charge on any atom is 0.182 e. The van der Waals surface area contributed by atoms with E-state index in [0.29, 0.717) is 12.5 Å². The lowest BCUT2D eigenvalue weighted by molar-refractivity contribution is -0.0511. The number of benzene rings is 1. The Bertz CT molecular complexity index is 448. The van der Waals surface area contributed by atoms with Crippen LogP contribution in [0.3, 0.4) is 0 Å². The Morgan fingerprint density at radius 2 is 1.94 bits per heavy atom. The predicted molar refractivity (Wildman–Crippen MR) is 58.1 cm³/mol. The molecule has 0 aliphatic heterocycles. The molecule has 5 heteroatoms. The van der Waals surface area contributed by atoms with Crippen molar-refractivity contribution in [3.63, 3.8) is 0 Å². The summed E-state index contributed by atoms with van der Waals surface area (Å²) >= 11 is 0. The molecule has 2 atom stereocenters. The lowest BCUT2D eigenvalue weighted by atomic mass is 9.64. The fraction of sp³-hybridized carbons (Fsp3) is 0.500. The van der Waals surface area contributed by atoms with E-state index in [-0.39, 0.29) is 11.7 Å². The largest absolute Gasteiger partial charge is 0.392 e. The van der Waals surface area contributed by atoms with Crippen LogP contribution in [0.4, 0.5) is 18.9 Å². The van der Waals surface area contributed by atoms with Gasteiger partial charge in [-0.3, -0.25) is 0 Å². The zero-order valence-corrected chi connectivity index (χ0v) is 9.60. The number of anilines is 1. The van der Waals surface area contributed by atoms with Gasteiger partial charge in [0.25, 0.3) is 0 Å². The van der Waals surface area contributed by atoms with Gasteiger partial charge in [-0.25, -0.2) is 13.2 Å². The van der Waals surface area contributed by atoms with Crippen LogP contribution < -0.4 is 5.32 Å².